The van der Waals surface area contributed by atoms with Gasteiger partial charge in [-0.1, -0.05) is 24.0 Å². The number of ether oxygens (including phenoxy) is 2. The van der Waals surface area contributed by atoms with E-state index in [1.807, 2.05) is 0 Å². The first-order chi connectivity index (χ1) is 8.86. The lowest BCUT2D eigenvalue weighted by molar-refractivity contribution is 0.0702. The Morgan fingerprint density at radius 3 is 2.56 bits per heavy atom. The lowest BCUT2D eigenvalue weighted by atomic mass is 10.4. The number of nitrogens with zero attached hydrogens (tertiary/aromatic N) is 2. The van der Waals surface area contributed by atoms with Crippen LogP contribution in [0.2, 0.25) is 0 Å². The van der Waals surface area contributed by atoms with Gasteiger partial charge in [-0.3, -0.25) is 0 Å². The van der Waals surface area contributed by atoms with Crippen LogP contribution in [-0.4, -0.2) is 79.0 Å². The molecule has 0 radical (unpaired) electrons. The molecule has 0 aromatic rings. The minimum absolute atomic E-state index is 0.810. The average molecular weight is 290 g/mol. The van der Waals surface area contributed by atoms with Gasteiger partial charge in [-0.15, -0.1) is 0 Å². The van der Waals surface area contributed by atoms with E-state index in [4.69, 9.17) is 21.7 Å². The van der Waals surface area contributed by atoms with Gasteiger partial charge in [0.1, 0.15) is 4.32 Å². The van der Waals surface area contributed by atoms with Crippen molar-refractivity contribution in [2.75, 3.05) is 64.9 Å². The Labute approximate surface area is 119 Å². The van der Waals surface area contributed by atoms with Crippen LogP contribution in [-0.2, 0) is 9.47 Å². The zero-order chi connectivity index (χ0) is 12.6. The molecule has 18 heavy (non-hydrogen) atoms. The number of thioether (sulfide) groups is 1. The third kappa shape index (κ3) is 5.01. The summed E-state index contributed by atoms with van der Waals surface area (Å²) in [5, 5.41) is 0. The third-order valence-electron chi connectivity index (χ3n) is 3.22. The van der Waals surface area contributed by atoms with E-state index in [0.29, 0.717) is 0 Å². The molecule has 2 aliphatic heterocycles. The summed E-state index contributed by atoms with van der Waals surface area (Å²) in [5.74, 6) is 1.08. The topological polar surface area (TPSA) is 24.9 Å². The maximum atomic E-state index is 5.46. The molecular formula is C12H22N2O2S2. The van der Waals surface area contributed by atoms with Crippen molar-refractivity contribution < 1.29 is 9.47 Å². The van der Waals surface area contributed by atoms with Crippen LogP contribution >= 0.6 is 24.0 Å². The number of thiocarbonyl (C=S) groups is 1. The standard InChI is InChI=1S/C12H22N2O2S2/c17-12(14-4-9-16-10-5-14)18-11-6-13-2-1-7-15-8-3-13/h1-11H2. The lowest BCUT2D eigenvalue weighted by Crippen LogP contribution is -2.39. The first-order valence-corrected chi connectivity index (χ1v) is 8.05. The maximum Gasteiger partial charge on any atom is 0.136 e. The van der Waals surface area contributed by atoms with Gasteiger partial charge in [-0.2, -0.15) is 0 Å². The van der Waals surface area contributed by atoms with E-state index in [0.717, 1.165) is 75.6 Å². The van der Waals surface area contributed by atoms with Gasteiger partial charge in [0.25, 0.3) is 0 Å². The predicted molar refractivity (Wildman–Crippen MR) is 79.3 cm³/mol. The Kier molecular flexibility index (Phi) is 6.72. The number of morpholine rings is 1. The normalized spacial score (nSPS) is 22.8. The van der Waals surface area contributed by atoms with Crippen molar-refractivity contribution in [1.82, 2.24) is 9.80 Å². The summed E-state index contributed by atoms with van der Waals surface area (Å²) < 4.78 is 11.8. The van der Waals surface area contributed by atoms with Gasteiger partial charge < -0.3 is 19.3 Å². The van der Waals surface area contributed by atoms with Crippen molar-refractivity contribution in [3.05, 3.63) is 0 Å². The fraction of sp³-hybridized carbons (Fsp3) is 0.917. The molecule has 2 heterocycles. The summed E-state index contributed by atoms with van der Waals surface area (Å²) in [6.45, 7) is 8.63. The molecule has 0 aromatic heterocycles. The quantitative estimate of drug-likeness (QED) is 0.721. The largest absolute Gasteiger partial charge is 0.380 e. The smallest absolute Gasteiger partial charge is 0.136 e. The highest BCUT2D eigenvalue weighted by Crippen LogP contribution is 2.12. The summed E-state index contributed by atoms with van der Waals surface area (Å²) in [4.78, 5) is 4.73. The molecule has 4 nitrogen and oxygen atoms in total. The molecule has 0 bridgehead atoms. The molecular weight excluding hydrogens is 268 g/mol. The molecule has 0 unspecified atom stereocenters. The number of hydrogen-bond acceptors (Lipinski definition) is 5. The molecule has 6 heteroatoms. The molecule has 0 aliphatic carbocycles. The summed E-state index contributed by atoms with van der Waals surface area (Å²) in [6.07, 6.45) is 1.15. The summed E-state index contributed by atoms with van der Waals surface area (Å²) in [7, 11) is 0. The SMILES string of the molecule is S=C(SCCN1CCCOCC1)N1CCOCC1. The zero-order valence-electron chi connectivity index (χ0n) is 10.8. The highest BCUT2D eigenvalue weighted by atomic mass is 32.2. The molecule has 2 fully saturated rings. The van der Waals surface area contributed by atoms with Gasteiger partial charge >= 0.3 is 0 Å². The Hall–Kier alpha value is 0.120. The fourth-order valence-corrected chi connectivity index (χ4v) is 3.44. The van der Waals surface area contributed by atoms with Gasteiger partial charge in [0.2, 0.25) is 0 Å². The van der Waals surface area contributed by atoms with E-state index in [9.17, 15) is 0 Å². The van der Waals surface area contributed by atoms with Crippen LogP contribution in [0.5, 0.6) is 0 Å². The van der Waals surface area contributed by atoms with Gasteiger partial charge in [-0.25, -0.2) is 0 Å². The van der Waals surface area contributed by atoms with E-state index in [2.05, 4.69) is 9.80 Å². The van der Waals surface area contributed by atoms with Gasteiger partial charge in [-0.05, 0) is 6.42 Å². The van der Waals surface area contributed by atoms with Crippen LogP contribution in [0.4, 0.5) is 0 Å². The lowest BCUT2D eigenvalue weighted by Gasteiger charge is -2.29. The molecule has 2 saturated heterocycles. The Bertz CT molecular complexity index is 252. The zero-order valence-corrected chi connectivity index (χ0v) is 12.4. The number of hydrogen-bond donors (Lipinski definition) is 0. The Balaban J connectivity index is 1.60. The van der Waals surface area contributed by atoms with Crippen LogP contribution in [0.15, 0.2) is 0 Å². The second-order valence-corrected chi connectivity index (χ2v) is 6.25. The van der Waals surface area contributed by atoms with Crippen molar-refractivity contribution in [2.24, 2.45) is 0 Å². The molecule has 2 rings (SSSR count). The first-order valence-electron chi connectivity index (χ1n) is 6.66. The van der Waals surface area contributed by atoms with Crippen LogP contribution in [0.1, 0.15) is 6.42 Å². The van der Waals surface area contributed by atoms with Crippen molar-refractivity contribution in [3.63, 3.8) is 0 Å². The van der Waals surface area contributed by atoms with Crippen molar-refractivity contribution in [3.8, 4) is 0 Å². The van der Waals surface area contributed by atoms with Crippen LogP contribution in [0.3, 0.4) is 0 Å². The monoisotopic (exact) mass is 290 g/mol. The predicted octanol–water partition coefficient (Wildman–Crippen LogP) is 1.06. The Morgan fingerprint density at radius 1 is 1.00 bits per heavy atom. The van der Waals surface area contributed by atoms with E-state index in [1.165, 1.54) is 0 Å². The molecule has 0 saturated carbocycles. The van der Waals surface area contributed by atoms with E-state index in [-0.39, 0.29) is 0 Å². The third-order valence-corrected chi connectivity index (χ3v) is 4.72. The van der Waals surface area contributed by atoms with Gasteiger partial charge in [0, 0.05) is 45.1 Å². The molecule has 0 atom stereocenters. The van der Waals surface area contributed by atoms with E-state index < -0.39 is 0 Å². The summed E-state index contributed by atoms with van der Waals surface area (Å²) in [5.41, 5.74) is 0. The minimum atomic E-state index is 0.810. The van der Waals surface area contributed by atoms with Crippen molar-refractivity contribution in [1.29, 1.82) is 0 Å². The maximum absolute atomic E-state index is 5.46. The van der Waals surface area contributed by atoms with Crippen LogP contribution in [0, 0.1) is 0 Å². The molecule has 0 aromatic carbocycles. The summed E-state index contributed by atoms with van der Waals surface area (Å²) >= 11 is 7.26. The van der Waals surface area contributed by atoms with Crippen LogP contribution in [0.25, 0.3) is 0 Å². The molecule has 0 amide bonds. The second kappa shape index (κ2) is 8.32. The van der Waals surface area contributed by atoms with Crippen molar-refractivity contribution in [2.45, 2.75) is 6.42 Å². The van der Waals surface area contributed by atoms with E-state index in [1.54, 1.807) is 11.8 Å². The highest BCUT2D eigenvalue weighted by Gasteiger charge is 2.14. The fourth-order valence-electron chi connectivity index (χ4n) is 2.12. The Morgan fingerprint density at radius 2 is 1.72 bits per heavy atom. The summed E-state index contributed by atoms with van der Waals surface area (Å²) in [6, 6.07) is 0. The van der Waals surface area contributed by atoms with E-state index >= 15 is 0 Å². The van der Waals surface area contributed by atoms with Gasteiger partial charge in [0.15, 0.2) is 0 Å². The second-order valence-electron chi connectivity index (χ2n) is 4.52. The molecule has 0 N–H and O–H groups in total. The number of rotatable bonds is 3. The highest BCUT2D eigenvalue weighted by molar-refractivity contribution is 8.22. The van der Waals surface area contributed by atoms with Gasteiger partial charge in [0.05, 0.1) is 19.8 Å². The minimum Gasteiger partial charge on any atom is -0.380 e. The first kappa shape index (κ1) is 14.5. The average Bonchev–Trinajstić information content (AvgIpc) is 2.68. The van der Waals surface area contributed by atoms with Crippen molar-refractivity contribution >= 4 is 28.3 Å². The molecule has 2 aliphatic rings. The molecule has 104 valence electrons. The molecule has 0 spiro atoms. The van der Waals surface area contributed by atoms with Crippen LogP contribution < -0.4 is 0 Å².